The second kappa shape index (κ2) is 5.36. The van der Waals surface area contributed by atoms with Crippen LogP contribution in [-0.4, -0.2) is 49.2 Å². The minimum atomic E-state index is -0.410. The fraction of sp³-hybridized carbons (Fsp3) is 0.923. The highest BCUT2D eigenvalue weighted by Gasteiger charge is 2.49. The molecule has 1 heterocycles. The van der Waals surface area contributed by atoms with Crippen molar-refractivity contribution in [3.8, 4) is 0 Å². The third-order valence-electron chi connectivity index (χ3n) is 4.31. The van der Waals surface area contributed by atoms with E-state index in [2.05, 4.69) is 17.3 Å². The van der Waals surface area contributed by atoms with E-state index in [4.69, 9.17) is 5.11 Å². The summed E-state index contributed by atoms with van der Waals surface area (Å²) in [6, 6.07) is 0. The zero-order valence-electron chi connectivity index (χ0n) is 10.7. The molecule has 1 aliphatic carbocycles. The van der Waals surface area contributed by atoms with Gasteiger partial charge < -0.3 is 15.3 Å². The summed E-state index contributed by atoms with van der Waals surface area (Å²) in [6.45, 7) is 3.14. The minimum Gasteiger partial charge on any atom is -0.395 e. The first-order chi connectivity index (χ1) is 8.16. The van der Waals surface area contributed by atoms with E-state index in [-0.39, 0.29) is 12.5 Å². The normalized spacial score (nSPS) is 24.6. The van der Waals surface area contributed by atoms with E-state index in [1.807, 2.05) is 0 Å². The first-order valence-electron chi connectivity index (χ1n) is 6.74. The van der Waals surface area contributed by atoms with Crippen LogP contribution in [0, 0.1) is 11.3 Å². The molecule has 0 atom stereocenters. The number of rotatable bonds is 5. The van der Waals surface area contributed by atoms with E-state index < -0.39 is 5.41 Å². The fourth-order valence-corrected chi connectivity index (χ4v) is 2.54. The molecular formula is C13H24N2O2. The van der Waals surface area contributed by atoms with Gasteiger partial charge in [-0.1, -0.05) is 0 Å². The molecular weight excluding hydrogens is 216 g/mol. The summed E-state index contributed by atoms with van der Waals surface area (Å²) in [5.74, 6) is 0.823. The standard InChI is InChI=1S/C13H24N2O2/c1-15-8-3-11(4-9-15)2-7-14-12(17)13(10-16)5-6-13/h11,16H,2-10H2,1H3,(H,14,17). The van der Waals surface area contributed by atoms with Crippen molar-refractivity contribution in [2.75, 3.05) is 33.3 Å². The van der Waals surface area contributed by atoms with Crippen molar-refractivity contribution in [3.63, 3.8) is 0 Å². The Morgan fingerprint density at radius 1 is 1.41 bits per heavy atom. The number of nitrogens with one attached hydrogen (secondary N) is 1. The third kappa shape index (κ3) is 3.19. The zero-order chi connectivity index (χ0) is 12.3. The molecule has 1 aliphatic heterocycles. The van der Waals surface area contributed by atoms with Gasteiger partial charge in [0, 0.05) is 6.54 Å². The van der Waals surface area contributed by atoms with Gasteiger partial charge >= 0.3 is 0 Å². The average Bonchev–Trinajstić information content (AvgIpc) is 3.12. The van der Waals surface area contributed by atoms with Crippen LogP contribution in [0.1, 0.15) is 32.1 Å². The summed E-state index contributed by atoms with van der Waals surface area (Å²) in [7, 11) is 2.16. The predicted octanol–water partition coefficient (Wildman–Crippen LogP) is 0.607. The lowest BCUT2D eigenvalue weighted by Crippen LogP contribution is -2.36. The van der Waals surface area contributed by atoms with Gasteiger partial charge in [-0.25, -0.2) is 0 Å². The molecule has 0 aromatic carbocycles. The van der Waals surface area contributed by atoms with Crippen LogP contribution in [0.4, 0.5) is 0 Å². The lowest BCUT2D eigenvalue weighted by molar-refractivity contribution is -0.127. The highest BCUT2D eigenvalue weighted by Crippen LogP contribution is 2.45. The zero-order valence-corrected chi connectivity index (χ0v) is 10.7. The molecule has 1 saturated carbocycles. The van der Waals surface area contributed by atoms with Crippen molar-refractivity contribution in [2.45, 2.75) is 32.1 Å². The SMILES string of the molecule is CN1CCC(CCNC(=O)C2(CO)CC2)CC1. The highest BCUT2D eigenvalue weighted by atomic mass is 16.3. The van der Waals surface area contributed by atoms with Gasteiger partial charge in [-0.15, -0.1) is 0 Å². The molecule has 0 bridgehead atoms. The average molecular weight is 240 g/mol. The number of aliphatic hydroxyl groups excluding tert-OH is 1. The Bertz CT molecular complexity index is 269. The summed E-state index contributed by atoms with van der Waals surface area (Å²) in [5, 5.41) is 12.1. The van der Waals surface area contributed by atoms with Gasteiger partial charge in [-0.3, -0.25) is 4.79 Å². The Hall–Kier alpha value is -0.610. The lowest BCUT2D eigenvalue weighted by Gasteiger charge is -2.29. The Balaban J connectivity index is 1.61. The van der Waals surface area contributed by atoms with Crippen molar-refractivity contribution in [1.82, 2.24) is 10.2 Å². The summed E-state index contributed by atoms with van der Waals surface area (Å²) in [4.78, 5) is 14.1. The van der Waals surface area contributed by atoms with Gasteiger partial charge in [0.15, 0.2) is 0 Å². The van der Waals surface area contributed by atoms with Crippen molar-refractivity contribution >= 4 is 5.91 Å². The number of carbonyl (C=O) groups excluding carboxylic acids is 1. The van der Waals surface area contributed by atoms with E-state index >= 15 is 0 Å². The number of piperidine rings is 1. The van der Waals surface area contributed by atoms with Crippen LogP contribution in [0.25, 0.3) is 0 Å². The van der Waals surface area contributed by atoms with E-state index in [1.165, 1.54) is 25.9 Å². The van der Waals surface area contributed by atoms with Crippen LogP contribution < -0.4 is 5.32 Å². The van der Waals surface area contributed by atoms with Crippen LogP contribution in [0.15, 0.2) is 0 Å². The molecule has 0 aromatic rings. The van der Waals surface area contributed by atoms with Gasteiger partial charge in [0.05, 0.1) is 12.0 Å². The fourth-order valence-electron chi connectivity index (χ4n) is 2.54. The number of carbonyl (C=O) groups is 1. The maximum Gasteiger partial charge on any atom is 0.228 e. The summed E-state index contributed by atoms with van der Waals surface area (Å²) < 4.78 is 0. The first-order valence-corrected chi connectivity index (χ1v) is 6.74. The Kier molecular flexibility index (Phi) is 4.05. The van der Waals surface area contributed by atoms with Crippen LogP contribution in [0.5, 0.6) is 0 Å². The molecule has 2 rings (SSSR count). The number of nitrogens with zero attached hydrogens (tertiary/aromatic N) is 1. The van der Waals surface area contributed by atoms with Gasteiger partial charge in [-0.2, -0.15) is 0 Å². The Morgan fingerprint density at radius 2 is 2.06 bits per heavy atom. The predicted molar refractivity (Wildman–Crippen MR) is 66.6 cm³/mol. The molecule has 98 valence electrons. The molecule has 2 aliphatic rings. The third-order valence-corrected chi connectivity index (χ3v) is 4.31. The van der Waals surface area contributed by atoms with E-state index in [0.29, 0.717) is 0 Å². The maximum atomic E-state index is 11.8. The first kappa shape index (κ1) is 12.8. The van der Waals surface area contributed by atoms with E-state index in [1.54, 1.807) is 0 Å². The second-order valence-corrected chi connectivity index (χ2v) is 5.73. The van der Waals surface area contributed by atoms with Gasteiger partial charge in [0.2, 0.25) is 5.91 Å². The topological polar surface area (TPSA) is 52.6 Å². The molecule has 17 heavy (non-hydrogen) atoms. The monoisotopic (exact) mass is 240 g/mol. The maximum absolute atomic E-state index is 11.8. The molecule has 1 amide bonds. The minimum absolute atomic E-state index is 0.00700. The quantitative estimate of drug-likeness (QED) is 0.740. The van der Waals surface area contributed by atoms with E-state index in [0.717, 1.165) is 31.7 Å². The smallest absolute Gasteiger partial charge is 0.228 e. The van der Waals surface area contributed by atoms with Crippen LogP contribution in [-0.2, 0) is 4.79 Å². The Labute approximate surface area is 103 Å². The molecule has 0 unspecified atom stereocenters. The summed E-state index contributed by atoms with van der Waals surface area (Å²) >= 11 is 0. The van der Waals surface area contributed by atoms with Crippen molar-refractivity contribution in [1.29, 1.82) is 0 Å². The van der Waals surface area contributed by atoms with Crippen LogP contribution in [0.2, 0.25) is 0 Å². The number of hydrogen-bond donors (Lipinski definition) is 2. The van der Waals surface area contributed by atoms with Crippen molar-refractivity contribution in [3.05, 3.63) is 0 Å². The molecule has 2 fully saturated rings. The molecule has 4 heteroatoms. The van der Waals surface area contributed by atoms with Gasteiger partial charge in [0.1, 0.15) is 0 Å². The molecule has 0 spiro atoms. The molecule has 1 saturated heterocycles. The highest BCUT2D eigenvalue weighted by molar-refractivity contribution is 5.85. The lowest BCUT2D eigenvalue weighted by atomic mass is 9.94. The van der Waals surface area contributed by atoms with Gasteiger partial charge in [0.25, 0.3) is 0 Å². The van der Waals surface area contributed by atoms with Crippen LogP contribution >= 0.6 is 0 Å². The van der Waals surface area contributed by atoms with E-state index in [9.17, 15) is 4.79 Å². The second-order valence-electron chi connectivity index (χ2n) is 5.73. The van der Waals surface area contributed by atoms with Gasteiger partial charge in [-0.05, 0) is 58.2 Å². The van der Waals surface area contributed by atoms with Crippen molar-refractivity contribution < 1.29 is 9.90 Å². The van der Waals surface area contributed by atoms with Crippen molar-refractivity contribution in [2.24, 2.45) is 11.3 Å². The summed E-state index contributed by atoms with van der Waals surface area (Å²) in [5.41, 5.74) is -0.410. The molecule has 0 radical (unpaired) electrons. The largest absolute Gasteiger partial charge is 0.395 e. The number of aliphatic hydroxyl groups is 1. The van der Waals surface area contributed by atoms with Crippen LogP contribution in [0.3, 0.4) is 0 Å². The number of hydrogen-bond acceptors (Lipinski definition) is 3. The number of likely N-dealkylation sites (tertiary alicyclic amines) is 1. The molecule has 2 N–H and O–H groups in total. The summed E-state index contributed by atoms with van der Waals surface area (Å²) in [6.07, 6.45) is 5.28. The molecule has 0 aromatic heterocycles. The Morgan fingerprint density at radius 3 is 2.59 bits per heavy atom. The number of amides is 1. The molecule has 4 nitrogen and oxygen atoms in total.